The van der Waals surface area contributed by atoms with Crippen molar-refractivity contribution in [3.63, 3.8) is 0 Å². The van der Waals surface area contributed by atoms with Crippen LogP contribution < -0.4 is 5.73 Å². The number of allylic oxidation sites excluding steroid dienone is 1. The van der Waals surface area contributed by atoms with Crippen molar-refractivity contribution in [3.8, 4) is 0 Å². The highest BCUT2D eigenvalue weighted by Crippen LogP contribution is 2.08. The van der Waals surface area contributed by atoms with Crippen molar-refractivity contribution in [2.75, 3.05) is 0 Å². The van der Waals surface area contributed by atoms with Crippen LogP contribution in [0.2, 0.25) is 0 Å². The number of carbonyl (C=O) groups excluding carboxylic acids is 1. The van der Waals surface area contributed by atoms with Gasteiger partial charge >= 0.3 is 0 Å². The zero-order valence-electron chi connectivity index (χ0n) is 10.0. The summed E-state index contributed by atoms with van der Waals surface area (Å²) in [5, 5.41) is 0. The fourth-order valence-electron chi connectivity index (χ4n) is 1.74. The van der Waals surface area contributed by atoms with E-state index in [0.29, 0.717) is 5.56 Å². The summed E-state index contributed by atoms with van der Waals surface area (Å²) in [6, 6.07) is 17.5. The summed E-state index contributed by atoms with van der Waals surface area (Å²) >= 11 is 0. The molecule has 0 aromatic heterocycles. The third-order valence-corrected chi connectivity index (χ3v) is 2.68. The predicted octanol–water partition coefficient (Wildman–Crippen LogP) is 3.04. The summed E-state index contributed by atoms with van der Waals surface area (Å²) in [7, 11) is 0. The Morgan fingerprint density at radius 3 is 2.56 bits per heavy atom. The van der Waals surface area contributed by atoms with Gasteiger partial charge in [-0.05, 0) is 29.7 Å². The maximum Gasteiger partial charge on any atom is 0.248 e. The maximum atomic E-state index is 11.0. The number of amides is 1. The van der Waals surface area contributed by atoms with E-state index in [-0.39, 0.29) is 0 Å². The molecular weight excluding hydrogens is 222 g/mol. The lowest BCUT2D eigenvalue weighted by atomic mass is 10.1. The first-order chi connectivity index (χ1) is 8.75. The van der Waals surface area contributed by atoms with Gasteiger partial charge in [0.15, 0.2) is 0 Å². The van der Waals surface area contributed by atoms with Crippen molar-refractivity contribution in [3.05, 3.63) is 77.4 Å². The summed E-state index contributed by atoms with van der Waals surface area (Å²) in [5.41, 5.74) is 8.03. The first-order valence-corrected chi connectivity index (χ1v) is 5.86. The molecule has 0 fully saturated rings. The van der Waals surface area contributed by atoms with Crippen LogP contribution in [-0.4, -0.2) is 5.91 Å². The number of nitrogens with two attached hydrogens (primary N) is 1. The van der Waals surface area contributed by atoms with Crippen LogP contribution in [0.3, 0.4) is 0 Å². The summed E-state index contributed by atoms with van der Waals surface area (Å²) in [4.78, 5) is 11.0. The molecule has 0 aliphatic rings. The fraction of sp³-hybridized carbons (Fsp3) is 0.0625. The number of rotatable bonds is 4. The Morgan fingerprint density at radius 1 is 1.06 bits per heavy atom. The minimum atomic E-state index is -0.395. The van der Waals surface area contributed by atoms with Gasteiger partial charge in [-0.25, -0.2) is 0 Å². The molecule has 2 aromatic carbocycles. The lowest BCUT2D eigenvalue weighted by Gasteiger charge is -1.98. The minimum Gasteiger partial charge on any atom is -0.366 e. The topological polar surface area (TPSA) is 43.1 Å². The minimum absolute atomic E-state index is 0.395. The third-order valence-electron chi connectivity index (χ3n) is 2.68. The molecule has 2 heteroatoms. The summed E-state index contributed by atoms with van der Waals surface area (Å²) < 4.78 is 0. The monoisotopic (exact) mass is 237 g/mol. The van der Waals surface area contributed by atoms with Crippen LogP contribution >= 0.6 is 0 Å². The Kier molecular flexibility index (Phi) is 3.92. The standard InChI is InChI=1S/C16H15NO/c17-16(18)15-11-5-10-14(12-15)9-4-8-13-6-2-1-3-7-13/h1-7,9-12H,8H2,(H2,17,18)/b9-4+. The van der Waals surface area contributed by atoms with Gasteiger partial charge in [-0.3, -0.25) is 4.79 Å². The van der Waals surface area contributed by atoms with E-state index in [1.807, 2.05) is 36.4 Å². The van der Waals surface area contributed by atoms with Crippen molar-refractivity contribution in [1.29, 1.82) is 0 Å². The van der Waals surface area contributed by atoms with E-state index in [4.69, 9.17) is 5.73 Å². The Bertz CT molecular complexity index is 558. The quantitative estimate of drug-likeness (QED) is 0.872. The van der Waals surface area contributed by atoms with Crippen molar-refractivity contribution >= 4 is 12.0 Å². The summed E-state index contributed by atoms with van der Waals surface area (Å²) in [5.74, 6) is -0.395. The molecule has 0 atom stereocenters. The molecule has 2 N–H and O–H groups in total. The van der Waals surface area contributed by atoms with Crippen molar-refractivity contribution < 1.29 is 4.79 Å². The normalized spacial score (nSPS) is 10.7. The van der Waals surface area contributed by atoms with Gasteiger partial charge in [-0.1, -0.05) is 54.6 Å². The fourth-order valence-corrected chi connectivity index (χ4v) is 1.74. The van der Waals surface area contributed by atoms with Crippen LogP contribution in [0, 0.1) is 0 Å². The van der Waals surface area contributed by atoms with Gasteiger partial charge in [-0.15, -0.1) is 0 Å². The molecule has 0 unspecified atom stereocenters. The molecular formula is C16H15NO. The molecule has 18 heavy (non-hydrogen) atoms. The average molecular weight is 237 g/mol. The second kappa shape index (κ2) is 5.82. The number of primary amides is 1. The Morgan fingerprint density at radius 2 is 1.83 bits per heavy atom. The first-order valence-electron chi connectivity index (χ1n) is 5.86. The largest absolute Gasteiger partial charge is 0.366 e. The average Bonchev–Trinajstić information content (AvgIpc) is 2.40. The van der Waals surface area contributed by atoms with E-state index in [0.717, 1.165) is 12.0 Å². The lowest BCUT2D eigenvalue weighted by Crippen LogP contribution is -2.10. The van der Waals surface area contributed by atoms with E-state index in [1.54, 1.807) is 12.1 Å². The Hall–Kier alpha value is -2.35. The van der Waals surface area contributed by atoms with Crippen LogP contribution in [0.4, 0.5) is 0 Å². The molecule has 0 aliphatic carbocycles. The molecule has 0 aliphatic heterocycles. The van der Waals surface area contributed by atoms with Crippen LogP contribution in [0.25, 0.3) is 6.08 Å². The predicted molar refractivity (Wildman–Crippen MR) is 74.1 cm³/mol. The molecule has 1 amide bonds. The number of hydrogen-bond donors (Lipinski definition) is 1. The van der Waals surface area contributed by atoms with Gasteiger partial charge in [-0.2, -0.15) is 0 Å². The van der Waals surface area contributed by atoms with E-state index in [1.165, 1.54) is 5.56 Å². The van der Waals surface area contributed by atoms with Crippen LogP contribution in [0.15, 0.2) is 60.7 Å². The van der Waals surface area contributed by atoms with Crippen molar-refractivity contribution in [1.82, 2.24) is 0 Å². The third kappa shape index (κ3) is 3.32. The van der Waals surface area contributed by atoms with Crippen molar-refractivity contribution in [2.24, 2.45) is 5.73 Å². The smallest absolute Gasteiger partial charge is 0.248 e. The van der Waals surface area contributed by atoms with Crippen LogP contribution in [0.1, 0.15) is 21.5 Å². The number of benzene rings is 2. The molecule has 0 radical (unpaired) electrons. The number of carbonyl (C=O) groups is 1. The SMILES string of the molecule is NC(=O)c1cccc(/C=C/Cc2ccccc2)c1. The van der Waals surface area contributed by atoms with Gasteiger partial charge in [0.25, 0.3) is 0 Å². The van der Waals surface area contributed by atoms with Gasteiger partial charge in [0, 0.05) is 5.56 Å². The first kappa shape index (κ1) is 12.1. The van der Waals surface area contributed by atoms with E-state index >= 15 is 0 Å². The lowest BCUT2D eigenvalue weighted by molar-refractivity contribution is 0.100. The molecule has 0 saturated heterocycles. The van der Waals surface area contributed by atoms with Gasteiger partial charge in [0.05, 0.1) is 0 Å². The van der Waals surface area contributed by atoms with Crippen LogP contribution in [-0.2, 0) is 6.42 Å². The highest BCUT2D eigenvalue weighted by atomic mass is 16.1. The zero-order chi connectivity index (χ0) is 12.8. The summed E-state index contributed by atoms with van der Waals surface area (Å²) in [6.07, 6.45) is 4.95. The molecule has 0 spiro atoms. The molecule has 2 rings (SSSR count). The van der Waals surface area contributed by atoms with Crippen molar-refractivity contribution in [2.45, 2.75) is 6.42 Å². The highest BCUT2D eigenvalue weighted by molar-refractivity contribution is 5.93. The van der Waals surface area contributed by atoms with E-state index < -0.39 is 5.91 Å². The van der Waals surface area contributed by atoms with Gasteiger partial charge in [0.2, 0.25) is 5.91 Å². The zero-order valence-corrected chi connectivity index (χ0v) is 10.0. The maximum absolute atomic E-state index is 11.0. The molecule has 90 valence electrons. The van der Waals surface area contributed by atoms with E-state index in [9.17, 15) is 4.79 Å². The summed E-state index contributed by atoms with van der Waals surface area (Å²) in [6.45, 7) is 0. The molecule has 0 saturated carbocycles. The number of hydrogen-bond acceptors (Lipinski definition) is 1. The van der Waals surface area contributed by atoms with Gasteiger partial charge < -0.3 is 5.73 Å². The Balaban J connectivity index is 2.05. The van der Waals surface area contributed by atoms with Gasteiger partial charge in [0.1, 0.15) is 0 Å². The Labute approximate surface area is 107 Å². The molecule has 0 heterocycles. The highest BCUT2D eigenvalue weighted by Gasteiger charge is 1.98. The van der Waals surface area contributed by atoms with E-state index in [2.05, 4.69) is 18.2 Å². The molecule has 2 nitrogen and oxygen atoms in total. The molecule has 0 bridgehead atoms. The van der Waals surface area contributed by atoms with Crippen LogP contribution in [0.5, 0.6) is 0 Å². The molecule has 2 aromatic rings. The second-order valence-corrected chi connectivity index (χ2v) is 4.08. The second-order valence-electron chi connectivity index (χ2n) is 4.08.